The molecule has 1 spiro atoms. The number of sulfonamides is 1. The third kappa shape index (κ3) is 7.79. The Morgan fingerprint density at radius 1 is 1.07 bits per heavy atom. The molecule has 6 atom stereocenters. The first-order valence-corrected chi connectivity index (χ1v) is 22.7. The van der Waals surface area contributed by atoms with Crippen molar-refractivity contribution >= 4 is 44.7 Å². The molecule has 0 radical (unpaired) electrons. The number of halogens is 2. The summed E-state index contributed by atoms with van der Waals surface area (Å²) < 4.78 is 79.6. The van der Waals surface area contributed by atoms with Gasteiger partial charge in [0.1, 0.15) is 35.1 Å². The van der Waals surface area contributed by atoms with Crippen LogP contribution in [0.4, 0.5) is 13.6 Å². The Balaban J connectivity index is 1.18. The van der Waals surface area contributed by atoms with E-state index in [0.29, 0.717) is 55.5 Å². The monoisotopic (exact) mass is 855 g/mol. The number of rotatable bonds is 8. The second-order valence-electron chi connectivity index (χ2n) is 18.5. The van der Waals surface area contributed by atoms with E-state index in [9.17, 15) is 27.6 Å². The van der Waals surface area contributed by atoms with Crippen LogP contribution >= 0.6 is 0 Å². The Morgan fingerprint density at radius 2 is 1.82 bits per heavy atom. The van der Waals surface area contributed by atoms with Gasteiger partial charge in [-0.2, -0.15) is 0 Å². The van der Waals surface area contributed by atoms with E-state index in [4.69, 9.17) is 19.2 Å². The Bertz CT molecular complexity index is 2250. The number of amides is 4. The van der Waals surface area contributed by atoms with Gasteiger partial charge in [-0.25, -0.2) is 27.0 Å². The van der Waals surface area contributed by atoms with E-state index in [0.717, 1.165) is 12.8 Å². The first kappa shape index (κ1) is 42.2. The van der Waals surface area contributed by atoms with Crippen molar-refractivity contribution in [1.82, 2.24) is 25.2 Å². The normalized spacial score (nSPS) is 30.1. The van der Waals surface area contributed by atoms with Crippen molar-refractivity contribution in [3.8, 4) is 11.5 Å². The van der Waals surface area contributed by atoms with Crippen molar-refractivity contribution in [2.24, 2.45) is 11.8 Å². The van der Waals surface area contributed by atoms with E-state index in [-0.39, 0.29) is 47.8 Å². The molecule has 3 aliphatic heterocycles. The highest BCUT2D eigenvalue weighted by atomic mass is 32.2. The predicted octanol–water partition coefficient (Wildman–Crippen LogP) is 5.87. The Hall–Kier alpha value is -4.54. The summed E-state index contributed by atoms with van der Waals surface area (Å²) in [5.74, 6) is -6.33. The summed E-state index contributed by atoms with van der Waals surface area (Å²) in [5, 5.41) is 5.69. The van der Waals surface area contributed by atoms with Crippen molar-refractivity contribution in [2.75, 3.05) is 13.7 Å². The summed E-state index contributed by atoms with van der Waals surface area (Å²) in [6.07, 6.45) is 6.15. The fourth-order valence-corrected chi connectivity index (χ4v) is 10.2. The van der Waals surface area contributed by atoms with E-state index in [1.165, 1.54) is 18.1 Å². The van der Waals surface area contributed by atoms with Crippen LogP contribution in [0.3, 0.4) is 0 Å². The number of nitrogens with one attached hydrogen (secondary N) is 3. The molecule has 60 heavy (non-hydrogen) atoms. The van der Waals surface area contributed by atoms with E-state index in [1.807, 2.05) is 19.9 Å². The number of alkyl carbamates (subject to hydrolysis) is 1. The van der Waals surface area contributed by atoms with Crippen molar-refractivity contribution in [3.63, 3.8) is 0 Å². The number of pyridine rings is 1. The molecule has 1 aromatic carbocycles. The molecule has 3 N–H and O–H groups in total. The highest BCUT2D eigenvalue weighted by molar-refractivity contribution is 7.91. The van der Waals surface area contributed by atoms with Gasteiger partial charge in [-0.3, -0.25) is 19.1 Å². The van der Waals surface area contributed by atoms with Crippen LogP contribution in [0.2, 0.25) is 0 Å². The van der Waals surface area contributed by atoms with Gasteiger partial charge in [-0.1, -0.05) is 38.8 Å². The molecule has 1 saturated heterocycles. The maximum atomic E-state index is 17.1. The molecule has 6 unspecified atom stereocenters. The summed E-state index contributed by atoms with van der Waals surface area (Å²) >= 11 is 0. The van der Waals surface area contributed by atoms with Crippen LogP contribution < -0.4 is 24.8 Å². The van der Waals surface area contributed by atoms with Gasteiger partial charge in [0.05, 0.1) is 41.6 Å². The molecular formula is C43H55F2N5O9S. The second kappa shape index (κ2) is 15.1. The number of hydrogen-bond donors (Lipinski definition) is 3. The summed E-state index contributed by atoms with van der Waals surface area (Å²) in [7, 11) is -2.65. The molecule has 0 bridgehead atoms. The number of benzene rings is 1. The van der Waals surface area contributed by atoms with Crippen molar-refractivity contribution in [1.29, 1.82) is 0 Å². The highest BCUT2D eigenvalue weighted by Crippen LogP contribution is 2.58. The molecule has 2 aromatic rings. The van der Waals surface area contributed by atoms with E-state index in [2.05, 4.69) is 15.4 Å². The average molecular weight is 856 g/mol. The quantitative estimate of drug-likeness (QED) is 0.272. The lowest BCUT2D eigenvalue weighted by atomic mass is 9.84. The van der Waals surface area contributed by atoms with Gasteiger partial charge >= 0.3 is 6.09 Å². The maximum Gasteiger partial charge on any atom is 0.408 e. The third-order valence-corrected chi connectivity index (χ3v) is 15.7. The molecule has 3 aliphatic carbocycles. The van der Waals surface area contributed by atoms with Crippen LogP contribution in [-0.2, 0) is 35.1 Å². The number of aromatic nitrogens is 1. The zero-order valence-corrected chi connectivity index (χ0v) is 35.6. The number of carbonyl (C=O) groups excluding carboxylic acids is 4. The lowest BCUT2D eigenvalue weighted by Gasteiger charge is -2.40. The summed E-state index contributed by atoms with van der Waals surface area (Å²) in [6.45, 7) is 6.61. The molecule has 1 aromatic heterocycles. The van der Waals surface area contributed by atoms with Gasteiger partial charge in [0.2, 0.25) is 21.8 Å². The number of carbonyl (C=O) groups is 4. The summed E-state index contributed by atoms with van der Waals surface area (Å²) in [6, 6.07) is 2.17. The van der Waals surface area contributed by atoms with Crippen LogP contribution in [0.25, 0.3) is 10.9 Å². The fraction of sp³-hybridized carbons (Fsp3) is 0.651. The molecule has 4 amide bonds. The Labute approximate surface area is 349 Å². The van der Waals surface area contributed by atoms with E-state index < -0.39 is 92.7 Å². The van der Waals surface area contributed by atoms with Crippen LogP contribution in [0.1, 0.15) is 122 Å². The van der Waals surface area contributed by atoms with Crippen molar-refractivity contribution < 1.29 is 50.6 Å². The molecule has 326 valence electrons. The zero-order valence-electron chi connectivity index (χ0n) is 34.8. The van der Waals surface area contributed by atoms with Crippen LogP contribution in [-0.4, -0.2) is 89.8 Å². The zero-order chi connectivity index (χ0) is 43.0. The van der Waals surface area contributed by atoms with Crippen LogP contribution in [0.15, 0.2) is 30.4 Å². The van der Waals surface area contributed by atoms with Gasteiger partial charge in [-0.05, 0) is 89.3 Å². The minimum atomic E-state index is -4.09. The SMILES string of the molecule is COc1ccc2nc(C3CC3)c3c(c2c1)C(F)(F)CC1(CC2C(=O)NC4(C(=O)NS(=O)(=O)C5(C)CC5)CC4C=CCCCCCC(NC(=O)OC(C)C(C)C)C(=O)N2C1)O3. The molecule has 3 saturated carbocycles. The van der Waals surface area contributed by atoms with E-state index >= 15 is 8.78 Å². The molecule has 14 nitrogen and oxygen atoms in total. The number of alkyl halides is 2. The van der Waals surface area contributed by atoms with Gasteiger partial charge in [0.15, 0.2) is 5.75 Å². The minimum Gasteiger partial charge on any atom is -0.497 e. The van der Waals surface area contributed by atoms with Gasteiger partial charge in [0, 0.05) is 23.6 Å². The molecule has 4 heterocycles. The molecule has 4 fully saturated rings. The summed E-state index contributed by atoms with van der Waals surface area (Å²) in [5.41, 5.74) is -3.04. The number of ether oxygens (including phenoxy) is 3. The first-order chi connectivity index (χ1) is 28.3. The molecule has 8 rings (SSSR count). The standard InChI is InChI=1S/C43H55F2N5O9S/c1-24(2)25(3)58-39(54)47-31-12-10-8-6-7-9-11-27-20-42(27,38(53)49-60(55,56)40(4)17-18-40)48-36(51)32-21-41(23-50(32)37(31)52)22-43(44,45)33-29-19-28(57-5)15-16-30(29)46-34(26-13-14-26)35(33)59-41/h9,11,15-16,19,24-27,31-32H,6-8,10,12-14,17-18,20-23H2,1-5H3,(H,47,54)(H,48,51)(H,49,53). The van der Waals surface area contributed by atoms with Gasteiger partial charge < -0.3 is 29.7 Å². The van der Waals surface area contributed by atoms with E-state index in [1.54, 1.807) is 32.1 Å². The second-order valence-corrected chi connectivity index (χ2v) is 20.7. The largest absolute Gasteiger partial charge is 0.497 e. The maximum absolute atomic E-state index is 17.1. The third-order valence-electron chi connectivity index (χ3n) is 13.5. The van der Waals surface area contributed by atoms with Crippen LogP contribution in [0, 0.1) is 11.8 Å². The smallest absolute Gasteiger partial charge is 0.408 e. The number of methoxy groups -OCH3 is 1. The Morgan fingerprint density at radius 3 is 2.50 bits per heavy atom. The molecule has 17 heteroatoms. The first-order valence-electron chi connectivity index (χ1n) is 21.2. The average Bonchev–Trinajstić information content (AvgIpc) is 4.12. The van der Waals surface area contributed by atoms with Gasteiger partial charge in [0.25, 0.3) is 11.8 Å². The minimum absolute atomic E-state index is 0.0157. The summed E-state index contributed by atoms with van der Waals surface area (Å²) in [4.78, 5) is 62.9. The molecular weight excluding hydrogens is 801 g/mol. The highest BCUT2D eigenvalue weighted by Gasteiger charge is 2.65. The number of fused-ring (bicyclic) bond motifs is 5. The lowest BCUT2D eigenvalue weighted by molar-refractivity contribution is -0.141. The van der Waals surface area contributed by atoms with Crippen molar-refractivity contribution in [2.45, 2.75) is 151 Å². The topological polar surface area (TPSA) is 182 Å². The predicted molar refractivity (Wildman–Crippen MR) is 216 cm³/mol. The number of hydrogen-bond acceptors (Lipinski definition) is 10. The van der Waals surface area contributed by atoms with Crippen LogP contribution in [0.5, 0.6) is 11.5 Å². The number of nitrogens with zero attached hydrogens (tertiary/aromatic N) is 2. The van der Waals surface area contributed by atoms with Crippen molar-refractivity contribution in [3.05, 3.63) is 41.6 Å². The Kier molecular flexibility index (Phi) is 10.6. The lowest BCUT2D eigenvalue weighted by Crippen LogP contribution is -2.58. The van der Waals surface area contributed by atoms with Gasteiger partial charge in [-0.15, -0.1) is 0 Å². The number of allylic oxidation sites excluding steroid dienone is 1. The fourth-order valence-electron chi connectivity index (χ4n) is 8.88. The molecule has 6 aliphatic rings.